The fourth-order valence-electron chi connectivity index (χ4n) is 1.80. The van der Waals surface area contributed by atoms with E-state index in [0.717, 1.165) is 10.9 Å². The van der Waals surface area contributed by atoms with Gasteiger partial charge in [-0.1, -0.05) is 12.1 Å². The monoisotopic (exact) mass is 249 g/mol. The normalized spacial score (nSPS) is 10.7. The summed E-state index contributed by atoms with van der Waals surface area (Å²) in [6.07, 6.45) is 2.96. The lowest BCUT2D eigenvalue weighted by Gasteiger charge is -2.06. The SMILES string of the molecule is O=C([O-])COc1cccc2c(CCCO)coc12. The van der Waals surface area contributed by atoms with E-state index in [-0.39, 0.29) is 6.61 Å². The summed E-state index contributed by atoms with van der Waals surface area (Å²) in [5, 5.41) is 20.0. The summed E-state index contributed by atoms with van der Waals surface area (Å²) in [4.78, 5) is 10.4. The first-order chi connectivity index (χ1) is 8.72. The highest BCUT2D eigenvalue weighted by atomic mass is 16.5. The Hall–Kier alpha value is -2.01. The van der Waals surface area contributed by atoms with Gasteiger partial charge < -0.3 is 24.2 Å². The second kappa shape index (κ2) is 5.55. The van der Waals surface area contributed by atoms with Crippen molar-refractivity contribution in [2.75, 3.05) is 13.2 Å². The standard InChI is InChI=1S/C13H14O5/c14-6-2-3-9-7-18-13-10(9)4-1-5-11(13)17-8-12(15)16/h1,4-5,7,14H,2-3,6,8H2,(H,15,16)/p-1. The van der Waals surface area contributed by atoms with Crippen molar-refractivity contribution in [1.29, 1.82) is 0 Å². The number of aliphatic carboxylic acids is 1. The molecule has 5 nitrogen and oxygen atoms in total. The van der Waals surface area contributed by atoms with Crippen LogP contribution in [0, 0.1) is 0 Å². The summed E-state index contributed by atoms with van der Waals surface area (Å²) in [7, 11) is 0. The van der Waals surface area contributed by atoms with Gasteiger partial charge in [0.1, 0.15) is 6.61 Å². The van der Waals surface area contributed by atoms with E-state index in [2.05, 4.69) is 0 Å². The van der Waals surface area contributed by atoms with Crippen LogP contribution in [0.1, 0.15) is 12.0 Å². The number of rotatable bonds is 6. The van der Waals surface area contributed by atoms with Gasteiger partial charge in [0.25, 0.3) is 0 Å². The Bertz CT molecular complexity index is 543. The molecular weight excluding hydrogens is 236 g/mol. The molecule has 1 aromatic heterocycles. The van der Waals surface area contributed by atoms with E-state index in [1.165, 1.54) is 0 Å². The van der Waals surface area contributed by atoms with Gasteiger partial charge in [-0.05, 0) is 24.5 Å². The van der Waals surface area contributed by atoms with Crippen molar-refractivity contribution in [2.45, 2.75) is 12.8 Å². The Morgan fingerprint density at radius 1 is 1.44 bits per heavy atom. The lowest BCUT2D eigenvalue weighted by molar-refractivity contribution is -0.307. The molecule has 0 aliphatic carbocycles. The Morgan fingerprint density at radius 3 is 3.00 bits per heavy atom. The number of benzene rings is 1. The van der Waals surface area contributed by atoms with Gasteiger partial charge in [0.15, 0.2) is 11.3 Å². The van der Waals surface area contributed by atoms with Crippen molar-refractivity contribution in [2.24, 2.45) is 0 Å². The van der Waals surface area contributed by atoms with Crippen LogP contribution in [0.15, 0.2) is 28.9 Å². The number of carboxylic acids is 1. The zero-order chi connectivity index (χ0) is 13.0. The van der Waals surface area contributed by atoms with Crippen molar-refractivity contribution >= 4 is 16.9 Å². The molecule has 0 aliphatic heterocycles. The molecule has 18 heavy (non-hydrogen) atoms. The third kappa shape index (κ3) is 2.62. The van der Waals surface area contributed by atoms with Gasteiger partial charge >= 0.3 is 0 Å². The number of para-hydroxylation sites is 1. The molecule has 0 fully saturated rings. The number of carbonyl (C=O) groups excluding carboxylic acids is 1. The molecule has 0 atom stereocenters. The molecule has 0 amide bonds. The van der Waals surface area contributed by atoms with Crippen molar-refractivity contribution < 1.29 is 24.2 Å². The predicted octanol–water partition coefficient (Wildman–Crippen LogP) is 0.486. The van der Waals surface area contributed by atoms with Crippen molar-refractivity contribution in [1.82, 2.24) is 0 Å². The third-order valence-electron chi connectivity index (χ3n) is 2.59. The van der Waals surface area contributed by atoms with Gasteiger partial charge in [0.05, 0.1) is 12.2 Å². The molecule has 0 saturated carbocycles. The highest BCUT2D eigenvalue weighted by Gasteiger charge is 2.10. The van der Waals surface area contributed by atoms with E-state index in [9.17, 15) is 9.90 Å². The minimum atomic E-state index is -1.28. The first kappa shape index (κ1) is 12.4. The summed E-state index contributed by atoms with van der Waals surface area (Å²) in [6.45, 7) is -0.390. The number of hydrogen-bond acceptors (Lipinski definition) is 5. The van der Waals surface area contributed by atoms with E-state index in [1.54, 1.807) is 18.4 Å². The van der Waals surface area contributed by atoms with Crippen LogP contribution in [0.4, 0.5) is 0 Å². The molecule has 0 radical (unpaired) electrons. The summed E-state index contributed by atoms with van der Waals surface area (Å²) in [6, 6.07) is 5.28. The minimum Gasteiger partial charge on any atom is -0.546 e. The second-order valence-electron chi connectivity index (χ2n) is 3.88. The minimum absolute atomic E-state index is 0.119. The fourth-order valence-corrected chi connectivity index (χ4v) is 1.80. The molecule has 1 aromatic carbocycles. The Morgan fingerprint density at radius 2 is 2.28 bits per heavy atom. The van der Waals surface area contributed by atoms with Gasteiger partial charge in [-0.15, -0.1) is 0 Å². The molecule has 1 N–H and O–H groups in total. The highest BCUT2D eigenvalue weighted by Crippen LogP contribution is 2.30. The van der Waals surface area contributed by atoms with Crippen molar-refractivity contribution in [3.8, 4) is 5.75 Å². The van der Waals surface area contributed by atoms with Gasteiger partial charge in [-0.3, -0.25) is 0 Å². The van der Waals surface area contributed by atoms with E-state index >= 15 is 0 Å². The first-order valence-corrected chi connectivity index (χ1v) is 5.65. The first-order valence-electron chi connectivity index (χ1n) is 5.65. The van der Waals surface area contributed by atoms with Crippen LogP contribution in [0.3, 0.4) is 0 Å². The maximum Gasteiger partial charge on any atom is 0.175 e. The lowest BCUT2D eigenvalue weighted by atomic mass is 10.1. The lowest BCUT2D eigenvalue weighted by Crippen LogP contribution is -2.28. The predicted molar refractivity (Wildman–Crippen MR) is 62.1 cm³/mol. The van der Waals surface area contributed by atoms with E-state index in [1.807, 2.05) is 6.07 Å². The largest absolute Gasteiger partial charge is 0.546 e. The smallest absolute Gasteiger partial charge is 0.175 e. The van der Waals surface area contributed by atoms with Crippen LogP contribution in [0.5, 0.6) is 5.75 Å². The van der Waals surface area contributed by atoms with Gasteiger partial charge in [0.2, 0.25) is 0 Å². The molecule has 0 unspecified atom stereocenters. The van der Waals surface area contributed by atoms with Crippen LogP contribution in [-0.2, 0) is 11.2 Å². The van der Waals surface area contributed by atoms with Gasteiger partial charge in [-0.25, -0.2) is 0 Å². The number of fused-ring (bicyclic) bond motifs is 1. The topological polar surface area (TPSA) is 82.7 Å². The maximum atomic E-state index is 10.4. The Kier molecular flexibility index (Phi) is 3.84. The second-order valence-corrected chi connectivity index (χ2v) is 3.88. The van der Waals surface area contributed by atoms with Crippen molar-refractivity contribution in [3.05, 3.63) is 30.0 Å². The molecule has 96 valence electrons. The highest BCUT2D eigenvalue weighted by molar-refractivity contribution is 5.86. The Labute approximate surface area is 104 Å². The van der Waals surface area contributed by atoms with Crippen LogP contribution in [0.2, 0.25) is 0 Å². The molecular formula is C13H13O5-. The number of furan rings is 1. The molecule has 0 bridgehead atoms. The summed E-state index contributed by atoms with van der Waals surface area (Å²) >= 11 is 0. The number of aliphatic hydroxyl groups is 1. The maximum absolute atomic E-state index is 10.4. The van der Waals surface area contributed by atoms with Crippen LogP contribution in [0.25, 0.3) is 11.0 Å². The average molecular weight is 249 g/mol. The molecule has 0 aliphatic rings. The molecule has 2 rings (SSSR count). The third-order valence-corrected chi connectivity index (χ3v) is 2.59. The van der Waals surface area contributed by atoms with Crippen molar-refractivity contribution in [3.63, 3.8) is 0 Å². The number of aryl methyl sites for hydroxylation is 1. The summed E-state index contributed by atoms with van der Waals surface area (Å²) < 4.78 is 10.5. The molecule has 2 aromatic rings. The summed E-state index contributed by atoms with van der Waals surface area (Å²) in [5.41, 5.74) is 1.49. The van der Waals surface area contributed by atoms with Crippen LogP contribution >= 0.6 is 0 Å². The molecule has 0 spiro atoms. The molecule has 0 saturated heterocycles. The van der Waals surface area contributed by atoms with Gasteiger partial charge in [-0.2, -0.15) is 0 Å². The molecule has 5 heteroatoms. The zero-order valence-corrected chi connectivity index (χ0v) is 9.72. The van der Waals surface area contributed by atoms with E-state index in [4.69, 9.17) is 14.3 Å². The quantitative estimate of drug-likeness (QED) is 0.805. The van der Waals surface area contributed by atoms with E-state index < -0.39 is 12.6 Å². The van der Waals surface area contributed by atoms with Gasteiger partial charge in [0, 0.05) is 12.0 Å². The number of aliphatic hydroxyl groups excluding tert-OH is 1. The Balaban J connectivity index is 2.27. The number of ether oxygens (including phenoxy) is 1. The van der Waals surface area contributed by atoms with E-state index in [0.29, 0.717) is 24.2 Å². The van der Waals surface area contributed by atoms with Crippen LogP contribution in [-0.4, -0.2) is 24.3 Å². The average Bonchev–Trinajstić information content (AvgIpc) is 2.77. The number of carboxylic acid groups (broad SMARTS) is 1. The zero-order valence-electron chi connectivity index (χ0n) is 9.72. The molecule has 1 heterocycles. The number of carbonyl (C=O) groups is 1. The summed E-state index contributed by atoms with van der Waals surface area (Å²) in [5.74, 6) is -0.897. The fraction of sp³-hybridized carbons (Fsp3) is 0.308. The van der Waals surface area contributed by atoms with Crippen LogP contribution < -0.4 is 9.84 Å². The number of hydrogen-bond donors (Lipinski definition) is 1.